The number of anilines is 1. The molecule has 0 spiro atoms. The predicted molar refractivity (Wildman–Crippen MR) is 86.4 cm³/mol. The van der Waals surface area contributed by atoms with E-state index in [4.69, 9.17) is 9.40 Å². The molecule has 0 aliphatic carbocycles. The number of pyridine rings is 1. The van der Waals surface area contributed by atoms with Gasteiger partial charge in [-0.05, 0) is 31.0 Å². The maximum atomic E-state index is 5.51. The van der Waals surface area contributed by atoms with E-state index in [0.29, 0.717) is 0 Å². The van der Waals surface area contributed by atoms with Crippen LogP contribution in [0.5, 0.6) is 0 Å². The van der Waals surface area contributed by atoms with Crippen LogP contribution in [0.25, 0.3) is 22.2 Å². The van der Waals surface area contributed by atoms with Crippen molar-refractivity contribution in [3.05, 3.63) is 41.3 Å². The summed E-state index contributed by atoms with van der Waals surface area (Å²) in [5, 5.41) is 1.08. The van der Waals surface area contributed by atoms with Crippen LogP contribution in [0.1, 0.15) is 12.8 Å². The van der Waals surface area contributed by atoms with Crippen LogP contribution in [-0.2, 0) is 0 Å². The van der Waals surface area contributed by atoms with Crippen molar-refractivity contribution in [3.8, 4) is 11.3 Å². The average Bonchev–Trinajstić information content (AvgIpc) is 3.19. The van der Waals surface area contributed by atoms with Crippen molar-refractivity contribution in [3.63, 3.8) is 0 Å². The van der Waals surface area contributed by atoms with Gasteiger partial charge in [0.15, 0.2) is 12.2 Å². The van der Waals surface area contributed by atoms with E-state index in [1.165, 1.54) is 19.2 Å². The summed E-state index contributed by atoms with van der Waals surface area (Å²) in [5.41, 5.74) is 2.02. The van der Waals surface area contributed by atoms with Gasteiger partial charge in [-0.2, -0.15) is 0 Å². The maximum absolute atomic E-state index is 5.51. The molecular formula is C16H14BrN3O. The first kappa shape index (κ1) is 12.8. The lowest BCUT2D eigenvalue weighted by Crippen LogP contribution is -2.19. The Morgan fingerprint density at radius 1 is 1.14 bits per heavy atom. The van der Waals surface area contributed by atoms with Crippen LogP contribution < -0.4 is 4.90 Å². The molecule has 0 bridgehead atoms. The standard InChI is InChI=1S/C16H14BrN3O/c17-11-3-4-12-13(15-9-18-10-21-15)8-16(19-14(12)7-11)20-5-1-2-6-20/h3-4,7-10H,1-2,5-6H2. The molecule has 0 amide bonds. The summed E-state index contributed by atoms with van der Waals surface area (Å²) < 4.78 is 6.54. The van der Waals surface area contributed by atoms with Gasteiger partial charge in [0.2, 0.25) is 0 Å². The lowest BCUT2D eigenvalue weighted by Gasteiger charge is -2.18. The Balaban J connectivity index is 1.96. The molecule has 0 radical (unpaired) electrons. The van der Waals surface area contributed by atoms with Crippen molar-refractivity contribution >= 4 is 32.7 Å². The van der Waals surface area contributed by atoms with Crippen LogP contribution in [0.15, 0.2) is 45.7 Å². The highest BCUT2D eigenvalue weighted by atomic mass is 79.9. The normalized spacial score (nSPS) is 15.0. The van der Waals surface area contributed by atoms with Gasteiger partial charge >= 0.3 is 0 Å². The number of nitrogens with zero attached hydrogens (tertiary/aromatic N) is 3. The van der Waals surface area contributed by atoms with Gasteiger partial charge in [0, 0.05) is 28.5 Å². The summed E-state index contributed by atoms with van der Waals surface area (Å²) >= 11 is 3.52. The van der Waals surface area contributed by atoms with Crippen LogP contribution in [0.4, 0.5) is 5.82 Å². The Kier molecular flexibility index (Phi) is 3.15. The molecule has 0 unspecified atom stereocenters. The maximum Gasteiger partial charge on any atom is 0.181 e. The highest BCUT2D eigenvalue weighted by molar-refractivity contribution is 9.10. The molecule has 0 saturated carbocycles. The highest BCUT2D eigenvalue weighted by Crippen LogP contribution is 2.33. The van der Waals surface area contributed by atoms with Crippen LogP contribution in [0.3, 0.4) is 0 Å². The summed E-state index contributed by atoms with van der Waals surface area (Å²) in [7, 11) is 0. The molecule has 21 heavy (non-hydrogen) atoms. The molecule has 1 aromatic carbocycles. The van der Waals surface area contributed by atoms with Crippen LogP contribution in [0, 0.1) is 0 Å². The molecule has 0 atom stereocenters. The van der Waals surface area contributed by atoms with Crippen molar-refractivity contribution in [2.24, 2.45) is 0 Å². The Morgan fingerprint density at radius 3 is 2.76 bits per heavy atom. The first-order valence-corrected chi connectivity index (χ1v) is 7.85. The second-order valence-corrected chi connectivity index (χ2v) is 6.16. The van der Waals surface area contributed by atoms with Gasteiger partial charge in [-0.15, -0.1) is 0 Å². The molecule has 3 aromatic rings. The topological polar surface area (TPSA) is 42.2 Å². The van der Waals surface area contributed by atoms with Crippen LogP contribution >= 0.6 is 15.9 Å². The zero-order valence-electron chi connectivity index (χ0n) is 11.4. The third kappa shape index (κ3) is 2.31. The number of benzene rings is 1. The van der Waals surface area contributed by atoms with Crippen molar-refractivity contribution in [2.75, 3.05) is 18.0 Å². The molecule has 1 fully saturated rings. The van der Waals surface area contributed by atoms with Gasteiger partial charge in [-0.25, -0.2) is 9.97 Å². The van der Waals surface area contributed by atoms with E-state index in [0.717, 1.165) is 45.6 Å². The quantitative estimate of drug-likeness (QED) is 0.697. The van der Waals surface area contributed by atoms with E-state index >= 15 is 0 Å². The summed E-state index contributed by atoms with van der Waals surface area (Å²) in [4.78, 5) is 11.2. The van der Waals surface area contributed by atoms with Crippen molar-refractivity contribution < 1.29 is 4.42 Å². The molecule has 2 aromatic heterocycles. The highest BCUT2D eigenvalue weighted by Gasteiger charge is 2.17. The second-order valence-electron chi connectivity index (χ2n) is 5.25. The van der Waals surface area contributed by atoms with Crippen LogP contribution in [0.2, 0.25) is 0 Å². The van der Waals surface area contributed by atoms with E-state index < -0.39 is 0 Å². The number of fused-ring (bicyclic) bond motifs is 1. The largest absolute Gasteiger partial charge is 0.443 e. The number of hydrogen-bond acceptors (Lipinski definition) is 4. The fourth-order valence-corrected chi connectivity index (χ4v) is 3.20. The average molecular weight is 344 g/mol. The lowest BCUT2D eigenvalue weighted by atomic mass is 10.1. The summed E-state index contributed by atoms with van der Waals surface area (Å²) in [5.74, 6) is 1.80. The van der Waals surface area contributed by atoms with Gasteiger partial charge in [0.05, 0.1) is 11.7 Å². The van der Waals surface area contributed by atoms with Gasteiger partial charge < -0.3 is 9.32 Å². The molecule has 106 valence electrons. The van der Waals surface area contributed by atoms with E-state index in [-0.39, 0.29) is 0 Å². The van der Waals surface area contributed by atoms with Crippen LogP contribution in [-0.4, -0.2) is 23.1 Å². The third-order valence-corrected chi connectivity index (χ3v) is 4.38. The molecule has 0 N–H and O–H groups in total. The summed E-state index contributed by atoms with van der Waals surface area (Å²) in [6.07, 6.45) is 5.69. The Labute approximate surface area is 130 Å². The molecule has 3 heterocycles. The molecule has 1 saturated heterocycles. The van der Waals surface area contributed by atoms with E-state index in [1.807, 2.05) is 6.07 Å². The minimum absolute atomic E-state index is 0.783. The first-order valence-electron chi connectivity index (χ1n) is 7.05. The minimum atomic E-state index is 0.783. The monoisotopic (exact) mass is 343 g/mol. The third-order valence-electron chi connectivity index (χ3n) is 3.89. The Morgan fingerprint density at radius 2 is 2.00 bits per heavy atom. The zero-order chi connectivity index (χ0) is 14.2. The molecule has 4 rings (SSSR count). The molecule has 5 heteroatoms. The van der Waals surface area contributed by atoms with Crippen molar-refractivity contribution in [2.45, 2.75) is 12.8 Å². The van der Waals surface area contributed by atoms with Gasteiger partial charge in [-0.3, -0.25) is 0 Å². The zero-order valence-corrected chi connectivity index (χ0v) is 13.0. The number of aromatic nitrogens is 2. The second kappa shape index (κ2) is 5.15. The van der Waals surface area contributed by atoms with Crippen molar-refractivity contribution in [1.82, 2.24) is 9.97 Å². The van der Waals surface area contributed by atoms with Gasteiger partial charge in [0.1, 0.15) is 5.82 Å². The van der Waals surface area contributed by atoms with Gasteiger partial charge in [-0.1, -0.05) is 22.0 Å². The number of hydrogen-bond donors (Lipinski definition) is 0. The summed E-state index contributed by atoms with van der Waals surface area (Å²) in [6.45, 7) is 2.14. The fourth-order valence-electron chi connectivity index (χ4n) is 2.85. The fraction of sp³-hybridized carbons (Fsp3) is 0.250. The molecular weight excluding hydrogens is 330 g/mol. The van der Waals surface area contributed by atoms with Gasteiger partial charge in [0.25, 0.3) is 0 Å². The molecule has 4 nitrogen and oxygen atoms in total. The van der Waals surface area contributed by atoms with E-state index in [9.17, 15) is 0 Å². The Bertz CT molecular complexity index is 780. The SMILES string of the molecule is Brc1ccc2c(-c3cnco3)cc(N3CCCC3)nc2c1. The number of halogens is 1. The van der Waals surface area contributed by atoms with E-state index in [1.54, 1.807) is 6.20 Å². The number of oxazole rings is 1. The lowest BCUT2D eigenvalue weighted by molar-refractivity contribution is 0.572. The number of rotatable bonds is 2. The van der Waals surface area contributed by atoms with Crippen molar-refractivity contribution in [1.29, 1.82) is 0 Å². The van der Waals surface area contributed by atoms with E-state index in [2.05, 4.69) is 44.0 Å². The smallest absolute Gasteiger partial charge is 0.181 e. The minimum Gasteiger partial charge on any atom is -0.443 e. The molecule has 1 aliphatic heterocycles. The predicted octanol–water partition coefficient (Wildman–Crippen LogP) is 4.25. The summed E-state index contributed by atoms with van der Waals surface area (Å²) in [6, 6.07) is 8.26. The molecule has 1 aliphatic rings. The Hall–Kier alpha value is -1.88. The first-order chi connectivity index (χ1) is 10.3.